The quantitative estimate of drug-likeness (QED) is 0.507. The van der Waals surface area contributed by atoms with Gasteiger partial charge in [-0.3, -0.25) is 29.9 Å². The molecule has 33 heavy (non-hydrogen) atoms. The molecule has 1 aromatic heterocycles. The Hall–Kier alpha value is -4.24. The van der Waals surface area contributed by atoms with E-state index in [1.54, 1.807) is 0 Å². The first-order chi connectivity index (χ1) is 15.8. The molecule has 2 aromatic rings. The van der Waals surface area contributed by atoms with Crippen molar-refractivity contribution in [2.45, 2.75) is 25.2 Å². The summed E-state index contributed by atoms with van der Waals surface area (Å²) in [4.78, 5) is 36.8. The Kier molecular flexibility index (Phi) is 5.57. The van der Waals surface area contributed by atoms with Crippen molar-refractivity contribution in [3.05, 3.63) is 78.1 Å². The Balaban J connectivity index is 1.98. The average Bonchev–Trinajstić information content (AvgIpc) is 3.28. The van der Waals surface area contributed by atoms with Gasteiger partial charge in [0.15, 0.2) is 5.78 Å². The van der Waals surface area contributed by atoms with E-state index >= 15 is 0 Å². The second-order valence-electron chi connectivity index (χ2n) is 7.36. The molecule has 0 saturated carbocycles. The average molecular weight is 467 g/mol. The molecule has 168 valence electrons. The number of nitriles is 1. The first kappa shape index (κ1) is 22.0. The number of nitro groups is 2. The Morgan fingerprint density at radius 3 is 2.58 bits per heavy atom. The predicted octanol–water partition coefficient (Wildman–Crippen LogP) is 3.88. The van der Waals surface area contributed by atoms with Gasteiger partial charge in [-0.25, -0.2) is 0 Å². The molecule has 4 rings (SSSR count). The molecule has 0 saturated heterocycles. The molecule has 0 bridgehead atoms. The minimum Gasteiger partial charge on any atom is -0.496 e. The number of hydrogen-bond donors (Lipinski definition) is 1. The Labute approximate surface area is 191 Å². The molecule has 0 spiro atoms. The number of nitrogens with two attached hydrogens (primary N) is 1. The zero-order valence-electron chi connectivity index (χ0n) is 17.3. The van der Waals surface area contributed by atoms with Crippen molar-refractivity contribution in [2.24, 2.45) is 5.73 Å². The number of anilines is 1. The molecule has 1 unspecified atom stereocenters. The SMILES string of the molecule is COc1ccc(N2C(N)=C(C#N)C(c3ccc([N+](=O)[O-])s3)C3=C2CCCC3=O)c([N+](=O)[O-])c1. The number of ether oxygens (including phenoxy) is 1. The van der Waals surface area contributed by atoms with E-state index in [9.17, 15) is 30.3 Å². The van der Waals surface area contributed by atoms with E-state index in [0.29, 0.717) is 23.4 Å². The number of methoxy groups -OCH3 is 1. The largest absolute Gasteiger partial charge is 0.496 e. The van der Waals surface area contributed by atoms with Crippen molar-refractivity contribution in [3.63, 3.8) is 0 Å². The second kappa shape index (κ2) is 8.36. The molecule has 1 aliphatic heterocycles. The van der Waals surface area contributed by atoms with Crippen LogP contribution in [0, 0.1) is 31.6 Å². The lowest BCUT2D eigenvalue weighted by atomic mass is 9.78. The molecule has 11 nitrogen and oxygen atoms in total. The number of nitro benzene ring substituents is 1. The Morgan fingerprint density at radius 1 is 1.21 bits per heavy atom. The summed E-state index contributed by atoms with van der Waals surface area (Å²) < 4.78 is 5.10. The number of carbonyl (C=O) groups excluding carboxylic acids is 1. The van der Waals surface area contributed by atoms with E-state index in [0.717, 1.165) is 11.3 Å². The fourth-order valence-electron chi connectivity index (χ4n) is 4.21. The van der Waals surface area contributed by atoms with Gasteiger partial charge in [-0.15, -0.1) is 0 Å². The summed E-state index contributed by atoms with van der Waals surface area (Å²) in [6.45, 7) is 0. The van der Waals surface area contributed by atoms with Gasteiger partial charge < -0.3 is 10.5 Å². The van der Waals surface area contributed by atoms with Crippen molar-refractivity contribution >= 4 is 33.5 Å². The molecule has 2 heterocycles. The maximum atomic E-state index is 13.1. The van der Waals surface area contributed by atoms with Crippen LogP contribution in [0.1, 0.15) is 30.1 Å². The molecule has 0 amide bonds. The number of rotatable bonds is 5. The molecule has 1 atom stereocenters. The number of carbonyl (C=O) groups is 1. The summed E-state index contributed by atoms with van der Waals surface area (Å²) in [5.74, 6) is -0.882. The van der Waals surface area contributed by atoms with Crippen LogP contribution >= 0.6 is 11.3 Å². The zero-order chi connectivity index (χ0) is 23.9. The van der Waals surface area contributed by atoms with Crippen molar-refractivity contribution < 1.29 is 19.4 Å². The van der Waals surface area contributed by atoms with Crippen LogP contribution in [0.2, 0.25) is 0 Å². The highest BCUT2D eigenvalue weighted by Gasteiger charge is 2.42. The number of nitrogens with zero attached hydrogens (tertiary/aromatic N) is 4. The summed E-state index contributed by atoms with van der Waals surface area (Å²) in [5.41, 5.74) is 6.95. The van der Waals surface area contributed by atoms with Crippen LogP contribution in [0.4, 0.5) is 16.4 Å². The summed E-state index contributed by atoms with van der Waals surface area (Å²) in [6, 6.07) is 9.09. The van der Waals surface area contributed by atoms with Gasteiger partial charge >= 0.3 is 5.00 Å². The highest BCUT2D eigenvalue weighted by atomic mass is 32.1. The monoisotopic (exact) mass is 467 g/mol. The minimum absolute atomic E-state index is 0.00543. The smallest absolute Gasteiger partial charge is 0.324 e. The number of hydrogen-bond acceptors (Lipinski definition) is 10. The van der Waals surface area contributed by atoms with Gasteiger partial charge in [-0.2, -0.15) is 5.26 Å². The van der Waals surface area contributed by atoms with Gasteiger partial charge in [0.1, 0.15) is 17.3 Å². The number of ketones is 1. The van der Waals surface area contributed by atoms with E-state index in [2.05, 4.69) is 0 Å². The Morgan fingerprint density at radius 2 is 1.97 bits per heavy atom. The Bertz CT molecular complexity index is 1300. The highest BCUT2D eigenvalue weighted by molar-refractivity contribution is 7.15. The minimum atomic E-state index is -0.870. The van der Waals surface area contributed by atoms with Crippen LogP contribution in [0.5, 0.6) is 5.75 Å². The van der Waals surface area contributed by atoms with E-state index in [1.165, 1.54) is 42.3 Å². The number of allylic oxidation sites excluding steroid dienone is 3. The summed E-state index contributed by atoms with van der Waals surface area (Å²) >= 11 is 0.867. The van der Waals surface area contributed by atoms with Crippen molar-refractivity contribution in [1.82, 2.24) is 0 Å². The fraction of sp³-hybridized carbons (Fsp3) is 0.238. The lowest BCUT2D eigenvalue weighted by molar-refractivity contribution is -0.384. The van der Waals surface area contributed by atoms with Gasteiger partial charge in [-0.05, 0) is 31.0 Å². The third kappa shape index (κ3) is 3.58. The van der Waals surface area contributed by atoms with Crippen LogP contribution in [0.15, 0.2) is 53.0 Å². The van der Waals surface area contributed by atoms with Crippen LogP contribution < -0.4 is 15.4 Å². The molecule has 2 N–H and O–H groups in total. The first-order valence-electron chi connectivity index (χ1n) is 9.81. The zero-order valence-corrected chi connectivity index (χ0v) is 18.1. The lowest BCUT2D eigenvalue weighted by Crippen LogP contribution is -2.38. The standard InChI is InChI=1S/C21H17N5O6S/c1-32-11-5-6-13(15(9-11)25(28)29)24-14-3-2-4-16(27)20(14)19(12(10-22)21(24)23)17-7-8-18(33-17)26(30)31/h5-9,19H,2-4,23H2,1H3. The topological polar surface area (TPSA) is 166 Å². The van der Waals surface area contributed by atoms with Gasteiger partial charge in [0.25, 0.3) is 5.69 Å². The molecular weight excluding hydrogens is 450 g/mol. The maximum absolute atomic E-state index is 13.1. The summed E-state index contributed by atoms with van der Waals surface area (Å²) in [7, 11) is 1.38. The molecule has 12 heteroatoms. The van der Waals surface area contributed by atoms with E-state index in [-0.39, 0.29) is 51.3 Å². The van der Waals surface area contributed by atoms with E-state index in [1.807, 2.05) is 6.07 Å². The number of benzene rings is 1. The van der Waals surface area contributed by atoms with Crippen LogP contribution in [0.3, 0.4) is 0 Å². The van der Waals surface area contributed by atoms with Crippen LogP contribution in [-0.2, 0) is 4.79 Å². The van der Waals surface area contributed by atoms with Crippen molar-refractivity contribution in [1.29, 1.82) is 5.26 Å². The molecule has 0 fully saturated rings. The molecule has 1 aliphatic carbocycles. The number of thiophene rings is 1. The van der Waals surface area contributed by atoms with Crippen LogP contribution in [-0.4, -0.2) is 22.7 Å². The van der Waals surface area contributed by atoms with Crippen LogP contribution in [0.25, 0.3) is 0 Å². The van der Waals surface area contributed by atoms with Gasteiger partial charge in [-0.1, -0.05) is 11.3 Å². The van der Waals surface area contributed by atoms with Crippen molar-refractivity contribution in [3.8, 4) is 11.8 Å². The highest BCUT2D eigenvalue weighted by Crippen LogP contribution is 2.49. The van der Waals surface area contributed by atoms with E-state index < -0.39 is 15.8 Å². The van der Waals surface area contributed by atoms with E-state index in [4.69, 9.17) is 10.5 Å². The van der Waals surface area contributed by atoms with Gasteiger partial charge in [0, 0.05) is 28.6 Å². The molecule has 0 radical (unpaired) electrons. The van der Waals surface area contributed by atoms with Gasteiger partial charge in [0.05, 0.1) is 40.6 Å². The maximum Gasteiger partial charge on any atom is 0.324 e. The molecule has 2 aliphatic rings. The number of Topliss-reactive ketones (excluding diaryl/α,β-unsaturated/α-hetero) is 1. The predicted molar refractivity (Wildman–Crippen MR) is 119 cm³/mol. The summed E-state index contributed by atoms with van der Waals surface area (Å²) in [5, 5.41) is 32.9. The fourth-order valence-corrected chi connectivity index (χ4v) is 5.15. The second-order valence-corrected chi connectivity index (χ2v) is 8.45. The lowest BCUT2D eigenvalue weighted by Gasteiger charge is -2.38. The normalized spacial score (nSPS) is 18.1. The molecular formula is C21H17N5O6S. The van der Waals surface area contributed by atoms with Gasteiger partial charge in [0.2, 0.25) is 0 Å². The first-order valence-corrected chi connectivity index (χ1v) is 10.6. The van der Waals surface area contributed by atoms with Crippen molar-refractivity contribution in [2.75, 3.05) is 12.0 Å². The molecule has 1 aromatic carbocycles. The third-order valence-electron chi connectivity index (χ3n) is 5.61. The summed E-state index contributed by atoms with van der Waals surface area (Å²) in [6.07, 6.45) is 1.14. The third-order valence-corrected chi connectivity index (χ3v) is 6.71.